The van der Waals surface area contributed by atoms with Crippen molar-refractivity contribution in [3.05, 3.63) is 50.3 Å². The van der Waals surface area contributed by atoms with E-state index in [1.807, 2.05) is 0 Å². The number of hydrogen-bond donors (Lipinski definition) is 3. The molecule has 0 saturated carbocycles. The standard InChI is InChI=1S/C11H11FN2O2S/c12-8-1-7(2-10(15)3-8)4-13-5-9-6-17-11(16)14-9/h1-3,6,13,15H,4-5H2,(H,14,16). The van der Waals surface area contributed by atoms with E-state index in [2.05, 4.69) is 10.3 Å². The number of thiazole rings is 1. The molecule has 0 saturated heterocycles. The number of hydrogen-bond acceptors (Lipinski definition) is 4. The van der Waals surface area contributed by atoms with Crippen LogP contribution < -0.4 is 10.2 Å². The van der Waals surface area contributed by atoms with Crippen LogP contribution in [0.15, 0.2) is 28.4 Å². The summed E-state index contributed by atoms with van der Waals surface area (Å²) in [5.41, 5.74) is 1.45. The maximum absolute atomic E-state index is 12.9. The predicted octanol–water partition coefficient (Wildman–Crippen LogP) is 1.57. The van der Waals surface area contributed by atoms with Gasteiger partial charge in [0.25, 0.3) is 0 Å². The average molecular weight is 254 g/mol. The number of rotatable bonds is 4. The molecule has 6 heteroatoms. The second-order valence-corrected chi connectivity index (χ2v) is 4.44. The molecule has 1 heterocycles. The van der Waals surface area contributed by atoms with E-state index in [-0.39, 0.29) is 10.6 Å². The fraction of sp³-hybridized carbons (Fsp3) is 0.182. The molecular weight excluding hydrogens is 243 g/mol. The summed E-state index contributed by atoms with van der Waals surface area (Å²) in [7, 11) is 0. The van der Waals surface area contributed by atoms with Gasteiger partial charge >= 0.3 is 4.87 Å². The number of aromatic nitrogens is 1. The highest BCUT2D eigenvalue weighted by atomic mass is 32.1. The Labute approximate surface area is 101 Å². The van der Waals surface area contributed by atoms with Crippen molar-refractivity contribution in [2.75, 3.05) is 0 Å². The number of aromatic hydroxyl groups is 1. The lowest BCUT2D eigenvalue weighted by Gasteiger charge is -2.04. The van der Waals surface area contributed by atoms with E-state index in [0.717, 1.165) is 23.1 Å². The topological polar surface area (TPSA) is 65.1 Å². The first-order valence-electron chi connectivity index (χ1n) is 4.99. The summed E-state index contributed by atoms with van der Waals surface area (Å²) in [6, 6.07) is 3.90. The molecule has 1 aromatic carbocycles. The summed E-state index contributed by atoms with van der Waals surface area (Å²) in [4.78, 5) is 13.4. The molecule has 0 atom stereocenters. The van der Waals surface area contributed by atoms with Crippen LogP contribution in [0.1, 0.15) is 11.3 Å². The van der Waals surface area contributed by atoms with Crippen LogP contribution >= 0.6 is 11.3 Å². The minimum Gasteiger partial charge on any atom is -0.508 e. The van der Waals surface area contributed by atoms with Crippen molar-refractivity contribution in [3.8, 4) is 5.75 Å². The zero-order valence-electron chi connectivity index (χ0n) is 8.87. The third-order valence-electron chi connectivity index (χ3n) is 2.16. The van der Waals surface area contributed by atoms with Gasteiger partial charge in [-0.2, -0.15) is 0 Å². The summed E-state index contributed by atoms with van der Waals surface area (Å²) in [5, 5.41) is 14.0. The number of aromatic amines is 1. The van der Waals surface area contributed by atoms with Crippen molar-refractivity contribution in [1.29, 1.82) is 0 Å². The minimum atomic E-state index is -0.467. The highest BCUT2D eigenvalue weighted by Crippen LogP contribution is 2.14. The lowest BCUT2D eigenvalue weighted by atomic mass is 10.2. The Morgan fingerprint density at radius 3 is 2.82 bits per heavy atom. The van der Waals surface area contributed by atoms with Gasteiger partial charge in [0, 0.05) is 30.2 Å². The van der Waals surface area contributed by atoms with Gasteiger partial charge in [-0.15, -0.1) is 0 Å². The van der Waals surface area contributed by atoms with Crippen molar-refractivity contribution >= 4 is 11.3 Å². The van der Waals surface area contributed by atoms with Gasteiger partial charge in [0.1, 0.15) is 11.6 Å². The summed E-state index contributed by atoms with van der Waals surface area (Å²) in [6.45, 7) is 0.916. The molecular formula is C11H11FN2O2S. The number of phenols is 1. The highest BCUT2D eigenvalue weighted by molar-refractivity contribution is 7.07. The Balaban J connectivity index is 1.91. The van der Waals surface area contributed by atoms with E-state index < -0.39 is 5.82 Å². The Morgan fingerprint density at radius 1 is 1.35 bits per heavy atom. The third kappa shape index (κ3) is 3.40. The average Bonchev–Trinajstić information content (AvgIpc) is 2.63. The second-order valence-electron chi connectivity index (χ2n) is 3.59. The first-order valence-corrected chi connectivity index (χ1v) is 5.87. The molecule has 0 aliphatic rings. The molecule has 0 bridgehead atoms. The fourth-order valence-electron chi connectivity index (χ4n) is 1.48. The minimum absolute atomic E-state index is 0.0919. The van der Waals surface area contributed by atoms with E-state index >= 15 is 0 Å². The van der Waals surface area contributed by atoms with Gasteiger partial charge in [-0.25, -0.2) is 4.39 Å². The van der Waals surface area contributed by atoms with E-state index in [4.69, 9.17) is 0 Å². The van der Waals surface area contributed by atoms with E-state index in [9.17, 15) is 14.3 Å². The first kappa shape index (κ1) is 11.8. The molecule has 90 valence electrons. The van der Waals surface area contributed by atoms with Crippen LogP contribution in [0.5, 0.6) is 5.75 Å². The smallest absolute Gasteiger partial charge is 0.304 e. The lowest BCUT2D eigenvalue weighted by Crippen LogP contribution is -2.13. The first-order chi connectivity index (χ1) is 8.13. The number of nitrogens with one attached hydrogen (secondary N) is 2. The van der Waals surface area contributed by atoms with Gasteiger partial charge in [0.2, 0.25) is 0 Å². The van der Waals surface area contributed by atoms with Gasteiger partial charge in [-0.3, -0.25) is 4.79 Å². The number of halogens is 1. The quantitative estimate of drug-likeness (QED) is 0.776. The summed E-state index contributed by atoms with van der Waals surface area (Å²) >= 11 is 1.10. The number of phenolic OH excluding ortho intramolecular Hbond substituents is 1. The zero-order chi connectivity index (χ0) is 12.3. The van der Waals surface area contributed by atoms with Crippen molar-refractivity contribution in [2.45, 2.75) is 13.1 Å². The summed E-state index contributed by atoms with van der Waals surface area (Å²) in [5.74, 6) is -0.559. The van der Waals surface area contributed by atoms with E-state index in [0.29, 0.717) is 18.7 Å². The predicted molar refractivity (Wildman–Crippen MR) is 63.5 cm³/mol. The second kappa shape index (κ2) is 5.11. The van der Waals surface area contributed by atoms with Crippen LogP contribution in [-0.4, -0.2) is 10.1 Å². The maximum atomic E-state index is 12.9. The Morgan fingerprint density at radius 2 is 2.18 bits per heavy atom. The molecule has 2 aromatic rings. The van der Waals surface area contributed by atoms with Crippen LogP contribution in [0.3, 0.4) is 0 Å². The summed E-state index contributed by atoms with van der Waals surface area (Å²) in [6.07, 6.45) is 0. The third-order valence-corrected chi connectivity index (χ3v) is 2.88. The molecule has 0 spiro atoms. The van der Waals surface area contributed by atoms with Gasteiger partial charge in [0.05, 0.1) is 0 Å². The van der Waals surface area contributed by atoms with Gasteiger partial charge < -0.3 is 15.4 Å². The Bertz CT molecular complexity index is 544. The van der Waals surface area contributed by atoms with Crippen LogP contribution in [-0.2, 0) is 13.1 Å². The lowest BCUT2D eigenvalue weighted by molar-refractivity contribution is 0.467. The largest absolute Gasteiger partial charge is 0.508 e. The molecule has 3 N–H and O–H groups in total. The molecule has 0 fully saturated rings. The molecule has 0 unspecified atom stereocenters. The molecule has 0 radical (unpaired) electrons. The SMILES string of the molecule is O=c1[nH]c(CNCc2cc(O)cc(F)c2)cs1. The Hall–Kier alpha value is -1.66. The van der Waals surface area contributed by atoms with Crippen LogP contribution in [0.2, 0.25) is 0 Å². The van der Waals surface area contributed by atoms with Crippen LogP contribution in [0.4, 0.5) is 4.39 Å². The number of benzene rings is 1. The van der Waals surface area contributed by atoms with Gasteiger partial charge in [-0.1, -0.05) is 11.3 Å². The molecule has 0 amide bonds. The van der Waals surface area contributed by atoms with Crippen molar-refractivity contribution < 1.29 is 9.50 Å². The summed E-state index contributed by atoms with van der Waals surface area (Å²) < 4.78 is 12.9. The molecule has 1 aromatic heterocycles. The van der Waals surface area contributed by atoms with Crippen LogP contribution in [0.25, 0.3) is 0 Å². The molecule has 2 rings (SSSR count). The molecule has 0 aliphatic heterocycles. The monoisotopic (exact) mass is 254 g/mol. The Kier molecular flexibility index (Phi) is 3.55. The van der Waals surface area contributed by atoms with Gasteiger partial charge in [0.15, 0.2) is 0 Å². The van der Waals surface area contributed by atoms with E-state index in [1.54, 1.807) is 5.38 Å². The molecule has 0 aliphatic carbocycles. The van der Waals surface area contributed by atoms with Crippen molar-refractivity contribution in [1.82, 2.24) is 10.3 Å². The molecule has 17 heavy (non-hydrogen) atoms. The number of H-pyrrole nitrogens is 1. The van der Waals surface area contributed by atoms with Crippen molar-refractivity contribution in [2.24, 2.45) is 0 Å². The van der Waals surface area contributed by atoms with Crippen LogP contribution in [0, 0.1) is 5.82 Å². The van der Waals surface area contributed by atoms with Crippen molar-refractivity contribution in [3.63, 3.8) is 0 Å². The zero-order valence-corrected chi connectivity index (χ0v) is 9.68. The van der Waals surface area contributed by atoms with Gasteiger partial charge in [-0.05, 0) is 17.7 Å². The molecule has 4 nitrogen and oxygen atoms in total. The normalized spacial score (nSPS) is 10.6. The maximum Gasteiger partial charge on any atom is 0.304 e. The van der Waals surface area contributed by atoms with E-state index in [1.165, 1.54) is 12.1 Å². The fourth-order valence-corrected chi connectivity index (χ4v) is 2.06. The highest BCUT2D eigenvalue weighted by Gasteiger charge is 2.00.